The first-order valence-corrected chi connectivity index (χ1v) is 7.69. The van der Waals surface area contributed by atoms with Gasteiger partial charge in [-0.15, -0.1) is 0 Å². The Morgan fingerprint density at radius 1 is 0.880 bits per heavy atom. The molecule has 0 aromatic heterocycles. The molecule has 0 unspecified atom stereocenters. The van der Waals surface area contributed by atoms with Crippen LogP contribution in [0.25, 0.3) is 0 Å². The first kappa shape index (κ1) is 18.3. The zero-order valence-corrected chi connectivity index (χ0v) is 13.4. The van der Waals surface area contributed by atoms with E-state index in [1.165, 1.54) is 24.3 Å². The molecule has 6 N–H and O–H groups in total. The molecule has 0 aliphatic heterocycles. The number of benzene rings is 2. The number of hydrogen-bond donors (Lipinski definition) is 5. The van der Waals surface area contributed by atoms with E-state index in [4.69, 9.17) is 5.73 Å². The van der Waals surface area contributed by atoms with Crippen molar-refractivity contribution in [1.82, 2.24) is 5.32 Å². The zero-order valence-electron chi connectivity index (χ0n) is 13.4. The minimum Gasteiger partial charge on any atom is -0.508 e. The molecule has 0 saturated heterocycles. The highest BCUT2D eigenvalue weighted by molar-refractivity contribution is 5.87. The van der Waals surface area contributed by atoms with Crippen molar-refractivity contribution in [2.45, 2.75) is 24.9 Å². The fourth-order valence-electron chi connectivity index (χ4n) is 2.33. The van der Waals surface area contributed by atoms with Gasteiger partial charge in [0.2, 0.25) is 5.91 Å². The second-order valence-corrected chi connectivity index (χ2v) is 5.75. The van der Waals surface area contributed by atoms with Gasteiger partial charge in [0, 0.05) is 6.42 Å². The Labute approximate surface area is 144 Å². The number of phenolic OH excluding ortho intramolecular Hbond substituents is 2. The number of nitrogens with two attached hydrogens (primary N) is 1. The molecule has 0 aliphatic rings. The van der Waals surface area contributed by atoms with Crippen LogP contribution in [0.15, 0.2) is 48.5 Å². The Balaban J connectivity index is 1.97. The number of carboxylic acid groups (broad SMARTS) is 1. The summed E-state index contributed by atoms with van der Waals surface area (Å²) in [6.07, 6.45) is 0.297. The molecule has 2 rings (SSSR count). The summed E-state index contributed by atoms with van der Waals surface area (Å²) < 4.78 is 0. The summed E-state index contributed by atoms with van der Waals surface area (Å²) in [7, 11) is 0. The highest BCUT2D eigenvalue weighted by Gasteiger charge is 2.23. The number of hydrogen-bond acceptors (Lipinski definition) is 5. The van der Waals surface area contributed by atoms with Crippen molar-refractivity contribution in [1.29, 1.82) is 0 Å². The van der Waals surface area contributed by atoms with Crippen molar-refractivity contribution < 1.29 is 24.9 Å². The van der Waals surface area contributed by atoms with Gasteiger partial charge in [0.15, 0.2) is 0 Å². The standard InChI is InChI=1S/C18H20N2O5/c19-15(9-11-1-5-13(21)6-2-11)17(23)20-16(18(24)25)10-12-3-7-14(22)8-4-12/h1-8,15-16,21-22H,9-10,19H2,(H,20,23)(H,24,25)/t15-,16-/m1/s1. The number of carbonyl (C=O) groups excluding carboxylic acids is 1. The summed E-state index contributed by atoms with van der Waals surface area (Å²) in [4.78, 5) is 23.6. The second kappa shape index (κ2) is 8.16. The number of rotatable bonds is 7. The third-order valence-corrected chi connectivity index (χ3v) is 3.72. The first-order chi connectivity index (χ1) is 11.8. The Hall–Kier alpha value is -3.06. The van der Waals surface area contributed by atoms with Crippen LogP contribution in [0.1, 0.15) is 11.1 Å². The maximum Gasteiger partial charge on any atom is 0.326 e. The van der Waals surface area contributed by atoms with Crippen LogP contribution in [0.5, 0.6) is 11.5 Å². The van der Waals surface area contributed by atoms with E-state index in [1.54, 1.807) is 24.3 Å². The molecule has 25 heavy (non-hydrogen) atoms. The van der Waals surface area contributed by atoms with Crippen molar-refractivity contribution in [3.63, 3.8) is 0 Å². The van der Waals surface area contributed by atoms with Crippen molar-refractivity contribution in [2.75, 3.05) is 0 Å². The lowest BCUT2D eigenvalue weighted by atomic mass is 10.0. The lowest BCUT2D eigenvalue weighted by molar-refractivity contribution is -0.141. The molecular formula is C18H20N2O5. The number of carbonyl (C=O) groups is 2. The fourth-order valence-corrected chi connectivity index (χ4v) is 2.33. The van der Waals surface area contributed by atoms with Gasteiger partial charge in [0.25, 0.3) is 0 Å². The van der Waals surface area contributed by atoms with Crippen LogP contribution >= 0.6 is 0 Å². The van der Waals surface area contributed by atoms with Gasteiger partial charge in [-0.3, -0.25) is 4.79 Å². The van der Waals surface area contributed by atoms with Gasteiger partial charge in [-0.05, 0) is 41.8 Å². The van der Waals surface area contributed by atoms with Crippen molar-refractivity contribution >= 4 is 11.9 Å². The topological polar surface area (TPSA) is 133 Å². The molecule has 7 heteroatoms. The SMILES string of the molecule is N[C@H](Cc1ccc(O)cc1)C(=O)N[C@H](Cc1ccc(O)cc1)C(=O)O. The van der Waals surface area contributed by atoms with E-state index in [0.717, 1.165) is 5.56 Å². The predicted molar refractivity (Wildman–Crippen MR) is 91.2 cm³/mol. The first-order valence-electron chi connectivity index (χ1n) is 7.69. The van der Waals surface area contributed by atoms with E-state index in [1.807, 2.05) is 0 Å². The van der Waals surface area contributed by atoms with Crippen molar-refractivity contribution in [3.05, 3.63) is 59.7 Å². The van der Waals surface area contributed by atoms with Gasteiger partial charge in [-0.2, -0.15) is 0 Å². The molecule has 2 aromatic carbocycles. The van der Waals surface area contributed by atoms with Gasteiger partial charge in [0.1, 0.15) is 17.5 Å². The number of amides is 1. The smallest absolute Gasteiger partial charge is 0.326 e. The van der Waals surface area contributed by atoms with E-state index in [2.05, 4.69) is 5.32 Å². The molecular weight excluding hydrogens is 324 g/mol. The molecule has 2 atom stereocenters. The molecule has 0 bridgehead atoms. The normalized spacial score (nSPS) is 13.0. The van der Waals surface area contributed by atoms with Crippen LogP contribution in [-0.2, 0) is 22.4 Å². The number of phenols is 2. The molecule has 0 heterocycles. The number of aromatic hydroxyl groups is 2. The van der Waals surface area contributed by atoms with E-state index < -0.39 is 24.0 Å². The highest BCUT2D eigenvalue weighted by Crippen LogP contribution is 2.13. The quantitative estimate of drug-likeness (QED) is 0.504. The molecule has 0 saturated carbocycles. The summed E-state index contributed by atoms with van der Waals surface area (Å²) >= 11 is 0. The molecule has 132 valence electrons. The average molecular weight is 344 g/mol. The minimum atomic E-state index is -1.17. The van der Waals surface area contributed by atoms with E-state index >= 15 is 0 Å². The van der Waals surface area contributed by atoms with Gasteiger partial charge in [-0.1, -0.05) is 24.3 Å². The van der Waals surface area contributed by atoms with Crippen molar-refractivity contribution in [3.8, 4) is 11.5 Å². The maximum atomic E-state index is 12.2. The molecule has 7 nitrogen and oxygen atoms in total. The summed E-state index contributed by atoms with van der Waals surface area (Å²) in [6.45, 7) is 0. The molecule has 0 fully saturated rings. The Morgan fingerprint density at radius 3 is 1.76 bits per heavy atom. The van der Waals surface area contributed by atoms with Gasteiger partial charge in [0.05, 0.1) is 6.04 Å². The maximum absolute atomic E-state index is 12.2. The lowest BCUT2D eigenvalue weighted by Crippen LogP contribution is -2.50. The lowest BCUT2D eigenvalue weighted by Gasteiger charge is -2.18. The van der Waals surface area contributed by atoms with E-state index in [0.29, 0.717) is 5.56 Å². The van der Waals surface area contributed by atoms with Gasteiger partial charge < -0.3 is 26.4 Å². The van der Waals surface area contributed by atoms with Crippen LogP contribution in [-0.4, -0.2) is 39.3 Å². The van der Waals surface area contributed by atoms with Crippen LogP contribution in [0, 0.1) is 0 Å². The van der Waals surface area contributed by atoms with E-state index in [-0.39, 0.29) is 24.3 Å². The third kappa shape index (κ3) is 5.50. The van der Waals surface area contributed by atoms with Crippen LogP contribution in [0.3, 0.4) is 0 Å². The molecule has 0 spiro atoms. The molecule has 2 aromatic rings. The van der Waals surface area contributed by atoms with E-state index in [9.17, 15) is 24.9 Å². The zero-order chi connectivity index (χ0) is 18.4. The summed E-state index contributed by atoms with van der Waals surface area (Å²) in [5.74, 6) is -1.55. The van der Waals surface area contributed by atoms with Gasteiger partial charge in [-0.25, -0.2) is 4.79 Å². The summed E-state index contributed by atoms with van der Waals surface area (Å²) in [6, 6.07) is 10.3. The van der Waals surface area contributed by atoms with Crippen LogP contribution in [0.4, 0.5) is 0 Å². The van der Waals surface area contributed by atoms with Crippen LogP contribution < -0.4 is 11.1 Å². The minimum absolute atomic E-state index is 0.0767. The number of carboxylic acids is 1. The molecule has 0 radical (unpaired) electrons. The van der Waals surface area contributed by atoms with Crippen LogP contribution in [0.2, 0.25) is 0 Å². The fraction of sp³-hybridized carbons (Fsp3) is 0.222. The highest BCUT2D eigenvalue weighted by atomic mass is 16.4. The Bertz CT molecular complexity index is 728. The van der Waals surface area contributed by atoms with Gasteiger partial charge >= 0.3 is 5.97 Å². The summed E-state index contributed by atoms with van der Waals surface area (Å²) in [5.41, 5.74) is 7.27. The largest absolute Gasteiger partial charge is 0.508 e. The molecule has 1 amide bonds. The van der Waals surface area contributed by atoms with Crippen molar-refractivity contribution in [2.24, 2.45) is 5.73 Å². The Kier molecular flexibility index (Phi) is 5.97. The predicted octanol–water partition coefficient (Wildman–Crippen LogP) is 0.780. The monoisotopic (exact) mass is 344 g/mol. The number of aliphatic carboxylic acids is 1. The second-order valence-electron chi connectivity index (χ2n) is 5.75. The average Bonchev–Trinajstić information content (AvgIpc) is 2.58. The third-order valence-electron chi connectivity index (χ3n) is 3.72. The number of nitrogens with one attached hydrogen (secondary N) is 1. The Morgan fingerprint density at radius 2 is 1.32 bits per heavy atom. The molecule has 0 aliphatic carbocycles. The summed E-state index contributed by atoms with van der Waals surface area (Å²) in [5, 5.41) is 30.2.